The minimum atomic E-state index is -0.0878. The van der Waals surface area contributed by atoms with Gasteiger partial charge in [0.05, 0.1) is 0 Å². The molecule has 2 aliphatic rings. The molecular weight excluding hydrogens is 368 g/mol. The Hall–Kier alpha value is -1.48. The average molecular weight is 401 g/mol. The van der Waals surface area contributed by atoms with E-state index in [1.54, 1.807) is 0 Å². The minimum Gasteiger partial charge on any atom is -0.350 e. The largest absolute Gasteiger partial charge is 0.350 e. The molecule has 2 heterocycles. The number of fused-ring (bicyclic) bond motifs is 1. The third kappa shape index (κ3) is 2.98. The lowest BCUT2D eigenvalue weighted by Crippen LogP contribution is -2.54. The second kappa shape index (κ2) is 7.09. The van der Waals surface area contributed by atoms with E-state index in [1.165, 1.54) is 32.1 Å². The lowest BCUT2D eigenvalue weighted by Gasteiger charge is -2.45. The van der Waals surface area contributed by atoms with Crippen molar-refractivity contribution in [2.75, 3.05) is 6.54 Å². The van der Waals surface area contributed by atoms with Crippen molar-refractivity contribution in [1.29, 1.82) is 0 Å². The molecule has 4 heteroatoms. The fourth-order valence-electron chi connectivity index (χ4n) is 6.21. The van der Waals surface area contributed by atoms with E-state index in [2.05, 4.69) is 37.6 Å². The zero-order chi connectivity index (χ0) is 20.1. The van der Waals surface area contributed by atoms with Crippen molar-refractivity contribution in [2.45, 2.75) is 71.8 Å². The second-order valence-electron chi connectivity index (χ2n) is 9.81. The Balaban J connectivity index is 1.77. The molecule has 28 heavy (non-hydrogen) atoms. The fraction of sp³-hybridized carbons (Fsp3) is 0.625. The maximum atomic E-state index is 13.8. The van der Waals surface area contributed by atoms with E-state index >= 15 is 0 Å². The first kappa shape index (κ1) is 19.8. The number of halogens is 1. The molecule has 0 bridgehead atoms. The Morgan fingerprint density at radius 1 is 1.11 bits per heavy atom. The maximum Gasteiger partial charge on any atom is 0.270 e. The molecule has 0 unspecified atom stereocenters. The van der Waals surface area contributed by atoms with Crippen LogP contribution in [0.4, 0.5) is 0 Å². The number of nitrogens with zero attached hydrogens (tertiary/aromatic N) is 1. The molecule has 1 N–H and O–H groups in total. The predicted molar refractivity (Wildman–Crippen MR) is 117 cm³/mol. The summed E-state index contributed by atoms with van der Waals surface area (Å²) in [5.74, 6) is 0.980. The molecule has 4 rings (SSSR count). The second-order valence-corrected chi connectivity index (χ2v) is 10.2. The Morgan fingerprint density at radius 2 is 1.79 bits per heavy atom. The Morgan fingerprint density at radius 3 is 2.39 bits per heavy atom. The molecule has 152 valence electrons. The summed E-state index contributed by atoms with van der Waals surface area (Å²) in [4.78, 5) is 19.4. The van der Waals surface area contributed by atoms with Crippen molar-refractivity contribution in [3.63, 3.8) is 0 Å². The summed E-state index contributed by atoms with van der Waals surface area (Å²) in [7, 11) is 0. The van der Waals surface area contributed by atoms with E-state index in [1.807, 2.05) is 24.3 Å². The highest BCUT2D eigenvalue weighted by atomic mass is 35.5. The van der Waals surface area contributed by atoms with Gasteiger partial charge in [-0.25, -0.2) is 0 Å². The van der Waals surface area contributed by atoms with E-state index < -0.39 is 0 Å². The normalized spacial score (nSPS) is 21.3. The first-order chi connectivity index (χ1) is 13.3. The van der Waals surface area contributed by atoms with Crippen LogP contribution in [-0.4, -0.2) is 27.9 Å². The zero-order valence-corrected chi connectivity index (χ0v) is 18.4. The van der Waals surface area contributed by atoms with Crippen LogP contribution in [-0.2, 0) is 0 Å². The smallest absolute Gasteiger partial charge is 0.270 e. The summed E-state index contributed by atoms with van der Waals surface area (Å²) in [6.07, 6.45) is 7.61. The summed E-state index contributed by atoms with van der Waals surface area (Å²) in [5.41, 5.74) is 1.81. The van der Waals surface area contributed by atoms with Crippen LogP contribution in [0.15, 0.2) is 24.3 Å². The van der Waals surface area contributed by atoms with Gasteiger partial charge in [0.2, 0.25) is 0 Å². The number of nitrogens with one attached hydrogen (secondary N) is 1. The molecule has 1 spiro atoms. The van der Waals surface area contributed by atoms with E-state index in [0.29, 0.717) is 28.0 Å². The fourth-order valence-corrected chi connectivity index (χ4v) is 6.44. The van der Waals surface area contributed by atoms with Gasteiger partial charge in [-0.2, -0.15) is 0 Å². The SMILES string of the molecule is CC(C)C1(C(C)C)CC2(CCCCC2)CN1C(=O)c1cc2c(Cl)cccc2[nH]1. The first-order valence-electron chi connectivity index (χ1n) is 10.9. The molecule has 1 aromatic carbocycles. The van der Waals surface area contributed by atoms with Crippen molar-refractivity contribution < 1.29 is 4.79 Å². The topological polar surface area (TPSA) is 36.1 Å². The number of hydrogen-bond donors (Lipinski definition) is 1. The number of carbonyl (C=O) groups excluding carboxylic acids is 1. The number of H-pyrrole nitrogens is 1. The monoisotopic (exact) mass is 400 g/mol. The van der Waals surface area contributed by atoms with Gasteiger partial charge in [0.15, 0.2) is 0 Å². The van der Waals surface area contributed by atoms with E-state index in [9.17, 15) is 4.79 Å². The van der Waals surface area contributed by atoms with Crippen LogP contribution in [0.5, 0.6) is 0 Å². The Kier molecular flexibility index (Phi) is 5.02. The van der Waals surface area contributed by atoms with Gasteiger partial charge in [-0.15, -0.1) is 0 Å². The lowest BCUT2D eigenvalue weighted by atomic mass is 9.65. The van der Waals surface area contributed by atoms with Gasteiger partial charge in [0, 0.05) is 28.0 Å². The molecule has 0 atom stereocenters. The Labute approximate surface area is 173 Å². The number of amides is 1. The summed E-state index contributed by atoms with van der Waals surface area (Å²) in [6, 6.07) is 7.74. The van der Waals surface area contributed by atoms with Crippen LogP contribution in [0.3, 0.4) is 0 Å². The zero-order valence-electron chi connectivity index (χ0n) is 17.6. The van der Waals surface area contributed by atoms with Gasteiger partial charge < -0.3 is 9.88 Å². The molecule has 3 nitrogen and oxygen atoms in total. The summed E-state index contributed by atoms with van der Waals surface area (Å²) < 4.78 is 0. The number of aromatic nitrogens is 1. The molecule has 2 fully saturated rings. The molecule has 1 saturated heterocycles. The highest BCUT2D eigenvalue weighted by molar-refractivity contribution is 6.35. The number of hydrogen-bond acceptors (Lipinski definition) is 1. The third-order valence-corrected chi connectivity index (χ3v) is 7.98. The maximum absolute atomic E-state index is 13.8. The third-order valence-electron chi connectivity index (χ3n) is 7.65. The molecular formula is C24H33ClN2O. The number of likely N-dealkylation sites (tertiary alicyclic amines) is 1. The number of rotatable bonds is 3. The van der Waals surface area contributed by atoms with Crippen molar-refractivity contribution in [2.24, 2.45) is 17.3 Å². The van der Waals surface area contributed by atoms with Crippen molar-refractivity contribution in [1.82, 2.24) is 9.88 Å². The van der Waals surface area contributed by atoms with Gasteiger partial charge in [-0.3, -0.25) is 4.79 Å². The van der Waals surface area contributed by atoms with Crippen LogP contribution < -0.4 is 0 Å². The van der Waals surface area contributed by atoms with Crippen molar-refractivity contribution in [3.05, 3.63) is 35.0 Å². The highest BCUT2D eigenvalue weighted by Gasteiger charge is 2.57. The summed E-state index contributed by atoms with van der Waals surface area (Å²) in [6.45, 7) is 10.1. The van der Waals surface area contributed by atoms with Gasteiger partial charge in [-0.1, -0.05) is 64.6 Å². The molecule has 1 aliphatic carbocycles. The van der Waals surface area contributed by atoms with Gasteiger partial charge in [0.1, 0.15) is 5.69 Å². The minimum absolute atomic E-state index is 0.0878. The van der Waals surface area contributed by atoms with E-state index in [-0.39, 0.29) is 11.4 Å². The number of carbonyl (C=O) groups is 1. The molecule has 0 radical (unpaired) electrons. The number of aromatic amines is 1. The quantitative estimate of drug-likeness (QED) is 0.613. The van der Waals surface area contributed by atoms with Gasteiger partial charge >= 0.3 is 0 Å². The van der Waals surface area contributed by atoms with Crippen LogP contribution in [0, 0.1) is 17.3 Å². The van der Waals surface area contributed by atoms with Crippen molar-refractivity contribution >= 4 is 28.4 Å². The molecule has 1 amide bonds. The van der Waals surface area contributed by atoms with Gasteiger partial charge in [0.25, 0.3) is 5.91 Å². The van der Waals surface area contributed by atoms with Crippen LogP contribution in [0.1, 0.15) is 76.7 Å². The number of benzene rings is 1. The average Bonchev–Trinajstić information content (AvgIpc) is 3.23. The molecule has 1 aliphatic heterocycles. The standard InChI is InChI=1S/C24H33ClN2O/c1-16(2)24(17(3)4)14-23(11-6-5-7-12-23)15-27(24)22(28)21-13-18-19(25)9-8-10-20(18)26-21/h8-10,13,16-17,26H,5-7,11-12,14-15H2,1-4H3. The van der Waals surface area contributed by atoms with Crippen molar-refractivity contribution in [3.8, 4) is 0 Å². The van der Waals surface area contributed by atoms with E-state index in [4.69, 9.17) is 11.6 Å². The predicted octanol–water partition coefficient (Wildman–Crippen LogP) is 6.67. The first-order valence-corrected chi connectivity index (χ1v) is 11.3. The summed E-state index contributed by atoms with van der Waals surface area (Å²) in [5, 5.41) is 1.62. The van der Waals surface area contributed by atoms with Crippen LogP contribution in [0.2, 0.25) is 5.02 Å². The Bertz CT molecular complexity index is 868. The highest BCUT2D eigenvalue weighted by Crippen LogP contribution is 2.55. The summed E-state index contributed by atoms with van der Waals surface area (Å²) >= 11 is 6.36. The van der Waals surface area contributed by atoms with Crippen LogP contribution >= 0.6 is 11.6 Å². The van der Waals surface area contributed by atoms with Crippen LogP contribution in [0.25, 0.3) is 10.9 Å². The molecule has 1 aromatic heterocycles. The van der Waals surface area contributed by atoms with E-state index in [0.717, 1.165) is 23.9 Å². The van der Waals surface area contributed by atoms with Gasteiger partial charge in [-0.05, 0) is 54.7 Å². The molecule has 1 saturated carbocycles. The lowest BCUT2D eigenvalue weighted by molar-refractivity contribution is 0.0291. The molecule has 2 aromatic rings.